The molecule has 0 saturated carbocycles. The summed E-state index contributed by atoms with van der Waals surface area (Å²) in [6.07, 6.45) is 4.44. The van der Waals surface area contributed by atoms with Crippen LogP contribution in [0.3, 0.4) is 0 Å². The van der Waals surface area contributed by atoms with E-state index in [1.807, 2.05) is 18.2 Å². The van der Waals surface area contributed by atoms with Gasteiger partial charge in [-0.25, -0.2) is 4.79 Å². The first-order valence-electron chi connectivity index (χ1n) is 4.77. The zero-order valence-electron chi connectivity index (χ0n) is 8.73. The summed E-state index contributed by atoms with van der Waals surface area (Å²) in [4.78, 5) is 13.5. The zero-order valence-corrected chi connectivity index (χ0v) is 8.73. The maximum Gasteiger partial charge on any atom is 0.328 e. The second-order valence-electron chi connectivity index (χ2n) is 3.33. The highest BCUT2D eigenvalue weighted by Crippen LogP contribution is 2.24. The van der Waals surface area contributed by atoms with Crippen molar-refractivity contribution in [3.63, 3.8) is 0 Å². The minimum atomic E-state index is -0.961. The van der Waals surface area contributed by atoms with Crippen LogP contribution in [0.5, 0.6) is 5.75 Å². The number of carbonyl (C=O) groups is 1. The van der Waals surface area contributed by atoms with Gasteiger partial charge in [-0.3, -0.25) is 0 Å². The molecule has 82 valence electrons. The van der Waals surface area contributed by atoms with Gasteiger partial charge in [-0.05, 0) is 24.3 Å². The Labute approximate surface area is 92.2 Å². The highest BCUT2D eigenvalue weighted by molar-refractivity contribution is 5.93. The lowest BCUT2D eigenvalue weighted by Crippen LogP contribution is -1.85. The van der Waals surface area contributed by atoms with Gasteiger partial charge in [0.25, 0.3) is 0 Å². The number of aromatic nitrogens is 1. The number of hydrogen-bond donors (Lipinski definition) is 2. The number of fused-ring (bicyclic) bond motifs is 1. The predicted octanol–water partition coefficient (Wildman–Crippen LogP) is 2.27. The molecule has 0 radical (unpaired) electrons. The van der Waals surface area contributed by atoms with E-state index in [9.17, 15) is 4.79 Å². The van der Waals surface area contributed by atoms with E-state index < -0.39 is 5.97 Å². The van der Waals surface area contributed by atoms with E-state index >= 15 is 0 Å². The molecule has 2 rings (SSSR count). The van der Waals surface area contributed by atoms with Crippen LogP contribution in [0.4, 0.5) is 0 Å². The van der Waals surface area contributed by atoms with Gasteiger partial charge in [0.2, 0.25) is 0 Å². The summed E-state index contributed by atoms with van der Waals surface area (Å²) in [6, 6.07) is 5.61. The Morgan fingerprint density at radius 1 is 1.50 bits per heavy atom. The molecule has 0 aliphatic rings. The molecule has 0 amide bonds. The summed E-state index contributed by atoms with van der Waals surface area (Å²) in [6.45, 7) is 0. The average Bonchev–Trinajstić information content (AvgIpc) is 2.68. The Kier molecular flexibility index (Phi) is 2.64. The number of benzene rings is 1. The molecule has 0 aliphatic heterocycles. The van der Waals surface area contributed by atoms with Crippen molar-refractivity contribution >= 4 is 22.9 Å². The lowest BCUT2D eigenvalue weighted by molar-refractivity contribution is -0.131. The monoisotopic (exact) mass is 217 g/mol. The van der Waals surface area contributed by atoms with Crippen molar-refractivity contribution in [2.75, 3.05) is 7.11 Å². The molecule has 0 saturated heterocycles. The number of nitrogens with one attached hydrogen (secondary N) is 1. The number of aromatic amines is 1. The van der Waals surface area contributed by atoms with Crippen LogP contribution in [0.15, 0.2) is 30.5 Å². The molecule has 4 heteroatoms. The largest absolute Gasteiger partial charge is 0.497 e. The molecule has 0 bridgehead atoms. The van der Waals surface area contributed by atoms with Crippen molar-refractivity contribution in [2.45, 2.75) is 0 Å². The molecule has 2 N–H and O–H groups in total. The minimum Gasteiger partial charge on any atom is -0.497 e. The molecule has 16 heavy (non-hydrogen) atoms. The molecule has 2 aromatic rings. The fraction of sp³-hybridized carbons (Fsp3) is 0.0833. The Balaban J connectivity index is 2.49. The maximum atomic E-state index is 10.4. The number of hydrogen-bond acceptors (Lipinski definition) is 2. The van der Waals surface area contributed by atoms with Crippen molar-refractivity contribution in [1.82, 2.24) is 4.98 Å². The zero-order chi connectivity index (χ0) is 11.5. The van der Waals surface area contributed by atoms with E-state index in [1.54, 1.807) is 19.4 Å². The summed E-state index contributed by atoms with van der Waals surface area (Å²) in [7, 11) is 1.60. The summed E-state index contributed by atoms with van der Waals surface area (Å²) >= 11 is 0. The molecule has 0 fully saturated rings. The van der Waals surface area contributed by atoms with E-state index in [2.05, 4.69) is 4.98 Å². The average molecular weight is 217 g/mol. The lowest BCUT2D eigenvalue weighted by atomic mass is 10.1. The second kappa shape index (κ2) is 4.10. The lowest BCUT2D eigenvalue weighted by Gasteiger charge is -1.99. The Morgan fingerprint density at radius 2 is 2.31 bits per heavy atom. The Hall–Kier alpha value is -2.23. The third-order valence-corrected chi connectivity index (χ3v) is 2.33. The third-order valence-electron chi connectivity index (χ3n) is 2.33. The Morgan fingerprint density at radius 3 is 3.00 bits per heavy atom. The fourth-order valence-electron chi connectivity index (χ4n) is 1.55. The minimum absolute atomic E-state index is 0.747. The van der Waals surface area contributed by atoms with Gasteiger partial charge in [0.05, 0.1) is 7.11 Å². The van der Waals surface area contributed by atoms with Crippen LogP contribution in [0.25, 0.3) is 17.0 Å². The highest BCUT2D eigenvalue weighted by atomic mass is 16.5. The quantitative estimate of drug-likeness (QED) is 0.775. The van der Waals surface area contributed by atoms with Gasteiger partial charge in [-0.2, -0.15) is 0 Å². The standard InChI is InChI=1S/C12H11NO3/c1-16-9-3-4-11-10(6-9)8(7-13-11)2-5-12(14)15/h2-7,13H,1H3,(H,14,15)/b5-2+. The molecule has 4 nitrogen and oxygen atoms in total. The molecular formula is C12H11NO3. The normalized spacial score (nSPS) is 11.1. The van der Waals surface area contributed by atoms with Crippen LogP contribution in [0, 0.1) is 0 Å². The van der Waals surface area contributed by atoms with Crippen molar-refractivity contribution in [3.8, 4) is 5.75 Å². The van der Waals surface area contributed by atoms with Gasteiger partial charge in [0, 0.05) is 28.7 Å². The van der Waals surface area contributed by atoms with Gasteiger partial charge in [-0.15, -0.1) is 0 Å². The predicted molar refractivity (Wildman–Crippen MR) is 61.5 cm³/mol. The third kappa shape index (κ3) is 1.91. The van der Waals surface area contributed by atoms with Crippen LogP contribution in [-0.4, -0.2) is 23.2 Å². The topological polar surface area (TPSA) is 62.3 Å². The SMILES string of the molecule is COc1ccc2[nH]cc(/C=C/C(=O)O)c2c1. The van der Waals surface area contributed by atoms with Gasteiger partial charge >= 0.3 is 5.97 Å². The summed E-state index contributed by atoms with van der Waals surface area (Å²) in [5.74, 6) is -0.214. The molecule has 0 aliphatic carbocycles. The number of ether oxygens (including phenoxy) is 1. The first-order chi connectivity index (χ1) is 7.70. The smallest absolute Gasteiger partial charge is 0.328 e. The van der Waals surface area contributed by atoms with Gasteiger partial charge in [-0.1, -0.05) is 0 Å². The van der Waals surface area contributed by atoms with Gasteiger partial charge in [0.1, 0.15) is 5.75 Å². The van der Waals surface area contributed by atoms with E-state index in [-0.39, 0.29) is 0 Å². The molecule has 1 aromatic heterocycles. The number of methoxy groups -OCH3 is 1. The summed E-state index contributed by atoms with van der Waals surface area (Å²) in [5, 5.41) is 9.50. The van der Waals surface area contributed by atoms with Crippen molar-refractivity contribution < 1.29 is 14.6 Å². The number of rotatable bonds is 3. The van der Waals surface area contributed by atoms with Crippen LogP contribution < -0.4 is 4.74 Å². The molecule has 1 heterocycles. The first-order valence-corrected chi connectivity index (χ1v) is 4.77. The van der Waals surface area contributed by atoms with E-state index in [1.165, 1.54) is 0 Å². The summed E-state index contributed by atoms with van der Waals surface area (Å²) < 4.78 is 5.12. The van der Waals surface area contributed by atoms with Crippen molar-refractivity contribution in [3.05, 3.63) is 36.0 Å². The number of carboxylic acid groups (broad SMARTS) is 1. The first kappa shape index (κ1) is 10.3. The number of carboxylic acids is 1. The highest BCUT2D eigenvalue weighted by Gasteiger charge is 2.02. The van der Waals surface area contributed by atoms with E-state index in [0.717, 1.165) is 28.3 Å². The van der Waals surface area contributed by atoms with Crippen LogP contribution in [0.2, 0.25) is 0 Å². The molecule has 0 unspecified atom stereocenters. The van der Waals surface area contributed by atoms with E-state index in [4.69, 9.17) is 9.84 Å². The molecule has 0 atom stereocenters. The fourth-order valence-corrected chi connectivity index (χ4v) is 1.55. The molecular weight excluding hydrogens is 206 g/mol. The van der Waals surface area contributed by atoms with Crippen LogP contribution in [-0.2, 0) is 4.79 Å². The van der Waals surface area contributed by atoms with Crippen LogP contribution in [0.1, 0.15) is 5.56 Å². The van der Waals surface area contributed by atoms with Gasteiger partial charge in [0.15, 0.2) is 0 Å². The van der Waals surface area contributed by atoms with Gasteiger partial charge < -0.3 is 14.8 Å². The Bertz CT molecular complexity index is 554. The van der Waals surface area contributed by atoms with Crippen molar-refractivity contribution in [1.29, 1.82) is 0 Å². The van der Waals surface area contributed by atoms with E-state index in [0.29, 0.717) is 0 Å². The van der Waals surface area contributed by atoms with Crippen LogP contribution >= 0.6 is 0 Å². The second-order valence-corrected chi connectivity index (χ2v) is 3.33. The van der Waals surface area contributed by atoms with Crippen molar-refractivity contribution in [2.24, 2.45) is 0 Å². The summed E-state index contributed by atoms with van der Waals surface area (Å²) in [5.41, 5.74) is 1.78. The maximum absolute atomic E-state index is 10.4. The molecule has 1 aromatic carbocycles. The number of H-pyrrole nitrogens is 1. The number of aliphatic carboxylic acids is 1. The molecule has 0 spiro atoms.